The van der Waals surface area contributed by atoms with Crippen molar-refractivity contribution in [2.75, 3.05) is 19.6 Å². The molecule has 2 rings (SSSR count). The summed E-state index contributed by atoms with van der Waals surface area (Å²) in [4.78, 5) is 2.35. The fraction of sp³-hybridized carbons (Fsp3) is 0.600. The van der Waals surface area contributed by atoms with E-state index in [4.69, 9.17) is 5.73 Å². The third kappa shape index (κ3) is 2.90. The van der Waals surface area contributed by atoms with Gasteiger partial charge in [-0.25, -0.2) is 4.39 Å². The smallest absolute Gasteiger partial charge is 0.128 e. The fourth-order valence-electron chi connectivity index (χ4n) is 3.01. The molecule has 3 heteroatoms. The predicted octanol–water partition coefficient (Wildman–Crippen LogP) is 2.95. The lowest BCUT2D eigenvalue weighted by Gasteiger charge is -2.27. The SMILES string of the molecule is CCCC1CCN(C(CN)c2ccccc2F)C1. The van der Waals surface area contributed by atoms with Gasteiger partial charge in [0.05, 0.1) is 0 Å². The molecule has 0 saturated carbocycles. The molecule has 0 aromatic heterocycles. The second-order valence-electron chi connectivity index (χ2n) is 5.21. The van der Waals surface area contributed by atoms with E-state index in [0.29, 0.717) is 6.54 Å². The highest BCUT2D eigenvalue weighted by Gasteiger charge is 2.29. The average molecular weight is 250 g/mol. The summed E-state index contributed by atoms with van der Waals surface area (Å²) in [7, 11) is 0. The van der Waals surface area contributed by atoms with Crippen LogP contribution in [0, 0.1) is 11.7 Å². The third-order valence-electron chi connectivity index (χ3n) is 3.94. The van der Waals surface area contributed by atoms with Crippen LogP contribution in [0.2, 0.25) is 0 Å². The van der Waals surface area contributed by atoms with E-state index in [1.165, 1.54) is 25.3 Å². The second-order valence-corrected chi connectivity index (χ2v) is 5.21. The molecule has 0 aliphatic carbocycles. The molecular formula is C15H23FN2. The van der Waals surface area contributed by atoms with Crippen LogP contribution < -0.4 is 5.73 Å². The van der Waals surface area contributed by atoms with Crippen molar-refractivity contribution in [3.05, 3.63) is 35.6 Å². The lowest BCUT2D eigenvalue weighted by atomic mass is 10.0. The van der Waals surface area contributed by atoms with Gasteiger partial charge >= 0.3 is 0 Å². The summed E-state index contributed by atoms with van der Waals surface area (Å²) in [6.45, 7) is 4.81. The first-order valence-corrected chi connectivity index (χ1v) is 6.94. The predicted molar refractivity (Wildman–Crippen MR) is 72.8 cm³/mol. The van der Waals surface area contributed by atoms with E-state index < -0.39 is 0 Å². The topological polar surface area (TPSA) is 29.3 Å². The molecule has 1 aliphatic heterocycles. The Kier molecular flexibility index (Phi) is 4.72. The van der Waals surface area contributed by atoms with Crippen LogP contribution >= 0.6 is 0 Å². The van der Waals surface area contributed by atoms with Crippen LogP contribution in [-0.4, -0.2) is 24.5 Å². The molecule has 1 aromatic carbocycles. The van der Waals surface area contributed by atoms with Crippen LogP contribution in [0.4, 0.5) is 4.39 Å². The minimum Gasteiger partial charge on any atom is -0.329 e. The van der Waals surface area contributed by atoms with Crippen molar-refractivity contribution >= 4 is 0 Å². The Hall–Kier alpha value is -0.930. The summed E-state index contributed by atoms with van der Waals surface area (Å²) in [5.41, 5.74) is 6.61. The first-order chi connectivity index (χ1) is 8.76. The Morgan fingerprint density at radius 1 is 1.44 bits per heavy atom. The average Bonchev–Trinajstić information content (AvgIpc) is 2.82. The van der Waals surface area contributed by atoms with Crippen molar-refractivity contribution in [1.82, 2.24) is 4.90 Å². The number of halogens is 1. The maximum Gasteiger partial charge on any atom is 0.128 e. The first-order valence-electron chi connectivity index (χ1n) is 6.94. The van der Waals surface area contributed by atoms with E-state index in [1.54, 1.807) is 6.07 Å². The number of benzene rings is 1. The molecule has 1 aliphatic rings. The molecule has 0 radical (unpaired) electrons. The van der Waals surface area contributed by atoms with Crippen molar-refractivity contribution in [2.24, 2.45) is 11.7 Å². The van der Waals surface area contributed by atoms with E-state index in [0.717, 1.165) is 24.6 Å². The van der Waals surface area contributed by atoms with Gasteiger partial charge in [0.1, 0.15) is 5.82 Å². The number of hydrogen-bond donors (Lipinski definition) is 1. The molecule has 2 N–H and O–H groups in total. The summed E-state index contributed by atoms with van der Waals surface area (Å²) in [5.74, 6) is 0.628. The van der Waals surface area contributed by atoms with Gasteiger partial charge in [0, 0.05) is 24.7 Å². The second kappa shape index (κ2) is 6.30. The van der Waals surface area contributed by atoms with Gasteiger partial charge < -0.3 is 5.73 Å². The Balaban J connectivity index is 2.08. The molecule has 2 nitrogen and oxygen atoms in total. The molecule has 1 aromatic rings. The Morgan fingerprint density at radius 3 is 2.89 bits per heavy atom. The zero-order valence-electron chi connectivity index (χ0n) is 11.1. The molecule has 1 fully saturated rings. The van der Waals surface area contributed by atoms with Crippen LogP contribution in [0.3, 0.4) is 0 Å². The zero-order chi connectivity index (χ0) is 13.0. The molecule has 2 atom stereocenters. The van der Waals surface area contributed by atoms with Gasteiger partial charge in [-0.15, -0.1) is 0 Å². The van der Waals surface area contributed by atoms with Crippen molar-refractivity contribution in [3.8, 4) is 0 Å². The molecular weight excluding hydrogens is 227 g/mol. The fourth-order valence-corrected chi connectivity index (χ4v) is 3.01. The van der Waals surface area contributed by atoms with Crippen LogP contribution in [-0.2, 0) is 0 Å². The van der Waals surface area contributed by atoms with Crippen LogP contribution in [0.25, 0.3) is 0 Å². The molecule has 0 bridgehead atoms. The summed E-state index contributed by atoms with van der Waals surface area (Å²) in [6, 6.07) is 7.04. The summed E-state index contributed by atoms with van der Waals surface area (Å²) >= 11 is 0. The maximum atomic E-state index is 13.8. The van der Waals surface area contributed by atoms with E-state index >= 15 is 0 Å². The number of rotatable bonds is 5. The molecule has 1 saturated heterocycles. The van der Waals surface area contributed by atoms with Gasteiger partial charge in [0.25, 0.3) is 0 Å². The van der Waals surface area contributed by atoms with E-state index in [2.05, 4.69) is 11.8 Å². The Labute approximate surface area is 109 Å². The van der Waals surface area contributed by atoms with Gasteiger partial charge in [-0.1, -0.05) is 31.5 Å². The first kappa shape index (κ1) is 13.5. The normalized spacial score (nSPS) is 22.3. The number of hydrogen-bond acceptors (Lipinski definition) is 2. The van der Waals surface area contributed by atoms with E-state index in [-0.39, 0.29) is 11.9 Å². The van der Waals surface area contributed by atoms with E-state index in [9.17, 15) is 4.39 Å². The molecule has 1 heterocycles. The molecule has 100 valence electrons. The Bertz CT molecular complexity index is 381. The maximum absolute atomic E-state index is 13.8. The number of nitrogens with two attached hydrogens (primary N) is 1. The lowest BCUT2D eigenvalue weighted by Crippen LogP contribution is -2.32. The number of nitrogens with zero attached hydrogens (tertiary/aromatic N) is 1. The molecule has 0 spiro atoms. The highest BCUT2D eigenvalue weighted by atomic mass is 19.1. The summed E-state index contributed by atoms with van der Waals surface area (Å²) in [6.07, 6.45) is 3.72. The standard InChI is InChI=1S/C15H23FN2/c1-2-5-12-8-9-18(11-12)15(10-17)13-6-3-4-7-14(13)16/h3-4,6-7,12,15H,2,5,8-11,17H2,1H3. The van der Waals surface area contributed by atoms with Gasteiger partial charge in [-0.3, -0.25) is 4.90 Å². The summed E-state index contributed by atoms with van der Waals surface area (Å²) < 4.78 is 13.8. The largest absolute Gasteiger partial charge is 0.329 e. The Morgan fingerprint density at radius 2 is 2.22 bits per heavy atom. The number of likely N-dealkylation sites (tertiary alicyclic amines) is 1. The van der Waals surface area contributed by atoms with Crippen LogP contribution in [0.5, 0.6) is 0 Å². The van der Waals surface area contributed by atoms with Crippen LogP contribution in [0.15, 0.2) is 24.3 Å². The summed E-state index contributed by atoms with van der Waals surface area (Å²) in [5, 5.41) is 0. The van der Waals surface area contributed by atoms with Crippen LogP contribution in [0.1, 0.15) is 37.8 Å². The van der Waals surface area contributed by atoms with Crippen molar-refractivity contribution in [3.63, 3.8) is 0 Å². The van der Waals surface area contributed by atoms with Gasteiger partial charge in [0.15, 0.2) is 0 Å². The highest BCUT2D eigenvalue weighted by Crippen LogP contribution is 2.30. The zero-order valence-corrected chi connectivity index (χ0v) is 11.1. The third-order valence-corrected chi connectivity index (χ3v) is 3.94. The lowest BCUT2D eigenvalue weighted by molar-refractivity contribution is 0.235. The minimum absolute atomic E-state index is 0.0352. The molecule has 18 heavy (non-hydrogen) atoms. The van der Waals surface area contributed by atoms with Crippen molar-refractivity contribution < 1.29 is 4.39 Å². The van der Waals surface area contributed by atoms with Gasteiger partial charge in [-0.05, 0) is 31.4 Å². The van der Waals surface area contributed by atoms with Crippen molar-refractivity contribution in [2.45, 2.75) is 32.2 Å². The molecule has 2 unspecified atom stereocenters. The molecule has 0 amide bonds. The monoisotopic (exact) mass is 250 g/mol. The minimum atomic E-state index is -0.133. The highest BCUT2D eigenvalue weighted by molar-refractivity contribution is 5.22. The quantitative estimate of drug-likeness (QED) is 0.870. The van der Waals surface area contributed by atoms with E-state index in [1.807, 2.05) is 12.1 Å². The van der Waals surface area contributed by atoms with Gasteiger partial charge in [-0.2, -0.15) is 0 Å². The van der Waals surface area contributed by atoms with Crippen molar-refractivity contribution in [1.29, 1.82) is 0 Å². The van der Waals surface area contributed by atoms with Gasteiger partial charge in [0.2, 0.25) is 0 Å².